The molecule has 1 aliphatic rings. The van der Waals surface area contributed by atoms with E-state index in [1.165, 1.54) is 11.1 Å². The van der Waals surface area contributed by atoms with Crippen LogP contribution in [0.5, 0.6) is 0 Å². The Labute approximate surface area is 190 Å². The highest BCUT2D eigenvalue weighted by molar-refractivity contribution is 7.89. The van der Waals surface area contributed by atoms with Crippen molar-refractivity contribution in [1.82, 2.24) is 19.3 Å². The maximum atomic E-state index is 13.1. The molecule has 0 amide bonds. The minimum atomic E-state index is -3.49. The van der Waals surface area contributed by atoms with E-state index in [0.29, 0.717) is 55.3 Å². The smallest absolute Gasteiger partial charge is 0.243 e. The predicted octanol–water partition coefficient (Wildman–Crippen LogP) is 4.07. The Bertz CT molecular complexity index is 1130. The van der Waals surface area contributed by atoms with E-state index >= 15 is 0 Å². The normalized spacial score (nSPS) is 16.8. The van der Waals surface area contributed by atoms with Gasteiger partial charge in [-0.25, -0.2) is 8.42 Å². The van der Waals surface area contributed by atoms with E-state index in [4.69, 9.17) is 4.52 Å². The first-order chi connectivity index (χ1) is 15.4. The minimum Gasteiger partial charge on any atom is -0.338 e. The van der Waals surface area contributed by atoms with Crippen molar-refractivity contribution in [2.24, 2.45) is 0 Å². The van der Waals surface area contributed by atoms with Crippen molar-refractivity contribution in [2.45, 2.75) is 44.6 Å². The lowest BCUT2D eigenvalue weighted by Gasteiger charge is -2.33. The fourth-order valence-corrected chi connectivity index (χ4v) is 5.23. The van der Waals surface area contributed by atoms with Gasteiger partial charge in [0.1, 0.15) is 0 Å². The third-order valence-electron chi connectivity index (χ3n) is 6.17. The lowest BCUT2D eigenvalue weighted by atomic mass is 9.99. The van der Waals surface area contributed by atoms with E-state index < -0.39 is 10.0 Å². The molecule has 1 aromatic heterocycles. The van der Waals surface area contributed by atoms with Crippen LogP contribution in [-0.2, 0) is 16.6 Å². The molecule has 1 saturated heterocycles. The van der Waals surface area contributed by atoms with Crippen molar-refractivity contribution in [3.63, 3.8) is 0 Å². The number of piperazine rings is 1. The molecule has 8 heteroatoms. The Kier molecular flexibility index (Phi) is 6.74. The van der Waals surface area contributed by atoms with Gasteiger partial charge in [0.05, 0.1) is 11.4 Å². The molecule has 0 bridgehead atoms. The van der Waals surface area contributed by atoms with Crippen LogP contribution in [0.25, 0.3) is 11.4 Å². The van der Waals surface area contributed by atoms with Gasteiger partial charge in [-0.1, -0.05) is 61.0 Å². The highest BCUT2D eigenvalue weighted by Crippen LogP contribution is 2.23. The van der Waals surface area contributed by atoms with Crippen LogP contribution >= 0.6 is 0 Å². The summed E-state index contributed by atoms with van der Waals surface area (Å²) < 4.78 is 33.1. The molecule has 0 unspecified atom stereocenters. The molecule has 2 heterocycles. The van der Waals surface area contributed by atoms with Gasteiger partial charge in [-0.05, 0) is 37.0 Å². The van der Waals surface area contributed by atoms with E-state index in [0.717, 1.165) is 12.0 Å². The molecule has 170 valence electrons. The molecule has 0 saturated carbocycles. The molecule has 1 fully saturated rings. The van der Waals surface area contributed by atoms with E-state index in [9.17, 15) is 8.42 Å². The van der Waals surface area contributed by atoms with Crippen molar-refractivity contribution in [3.05, 3.63) is 65.5 Å². The summed E-state index contributed by atoms with van der Waals surface area (Å²) in [6.45, 7) is 8.94. The summed E-state index contributed by atoms with van der Waals surface area (Å²) in [5.41, 5.74) is 3.26. The second kappa shape index (κ2) is 9.52. The molecular weight excluding hydrogens is 424 g/mol. The summed E-state index contributed by atoms with van der Waals surface area (Å²) in [5.74, 6) is 1.53. The predicted molar refractivity (Wildman–Crippen MR) is 124 cm³/mol. The van der Waals surface area contributed by atoms with Crippen LogP contribution in [0, 0.1) is 6.92 Å². The number of hydrogen-bond acceptors (Lipinski definition) is 6. The van der Waals surface area contributed by atoms with Crippen LogP contribution < -0.4 is 0 Å². The summed E-state index contributed by atoms with van der Waals surface area (Å²) in [6, 6.07) is 15.3. The highest BCUT2D eigenvalue weighted by atomic mass is 32.2. The molecule has 1 aliphatic heterocycles. The molecule has 1 atom stereocenters. The molecule has 7 nitrogen and oxygen atoms in total. The summed E-state index contributed by atoms with van der Waals surface area (Å²) in [7, 11) is -3.49. The van der Waals surface area contributed by atoms with Crippen molar-refractivity contribution in [2.75, 3.05) is 26.2 Å². The zero-order chi connectivity index (χ0) is 22.7. The van der Waals surface area contributed by atoms with E-state index in [1.54, 1.807) is 16.4 Å². The summed E-state index contributed by atoms with van der Waals surface area (Å²) in [4.78, 5) is 7.00. The molecule has 2 aromatic carbocycles. The highest BCUT2D eigenvalue weighted by Gasteiger charge is 2.29. The van der Waals surface area contributed by atoms with Crippen molar-refractivity contribution < 1.29 is 12.9 Å². The van der Waals surface area contributed by atoms with Gasteiger partial charge in [-0.15, -0.1) is 0 Å². The lowest BCUT2D eigenvalue weighted by molar-refractivity contribution is 0.163. The Hall–Kier alpha value is -2.55. The second-order valence-corrected chi connectivity index (χ2v) is 10.4. The number of aryl methyl sites for hydroxylation is 1. The first-order valence-corrected chi connectivity index (χ1v) is 12.5. The van der Waals surface area contributed by atoms with Crippen LogP contribution in [0.3, 0.4) is 0 Å². The van der Waals surface area contributed by atoms with Crippen LogP contribution in [0.15, 0.2) is 57.9 Å². The standard InChI is InChI=1S/C24H30N4O3S/c1-4-19(3)20-9-11-22(12-10-20)32(29,30)28-15-13-27(14-16-28)17-23-25-24(26-31-23)21-7-5-18(2)6-8-21/h5-12,19H,4,13-17H2,1-3H3/t19-/m1/s1. The second-order valence-electron chi connectivity index (χ2n) is 8.44. The Morgan fingerprint density at radius 1 is 1.00 bits per heavy atom. The Balaban J connectivity index is 1.35. The Morgan fingerprint density at radius 3 is 2.28 bits per heavy atom. The van der Waals surface area contributed by atoms with E-state index in [-0.39, 0.29) is 0 Å². The molecule has 32 heavy (non-hydrogen) atoms. The third-order valence-corrected chi connectivity index (χ3v) is 8.08. The first kappa shape index (κ1) is 22.6. The van der Waals surface area contributed by atoms with Gasteiger partial charge in [-0.2, -0.15) is 9.29 Å². The minimum absolute atomic E-state index is 0.359. The molecule has 0 spiro atoms. The maximum Gasteiger partial charge on any atom is 0.243 e. The lowest BCUT2D eigenvalue weighted by Crippen LogP contribution is -2.48. The van der Waals surface area contributed by atoms with E-state index in [1.807, 2.05) is 43.3 Å². The molecule has 4 rings (SSSR count). The fourth-order valence-electron chi connectivity index (χ4n) is 3.81. The van der Waals surface area contributed by atoms with Crippen LogP contribution in [0.1, 0.15) is 43.2 Å². The number of sulfonamides is 1. The molecule has 3 aromatic rings. The average molecular weight is 455 g/mol. The number of aromatic nitrogens is 2. The van der Waals surface area contributed by atoms with Gasteiger partial charge in [0, 0.05) is 31.7 Å². The van der Waals surface area contributed by atoms with Gasteiger partial charge < -0.3 is 4.52 Å². The summed E-state index contributed by atoms with van der Waals surface area (Å²) in [6.07, 6.45) is 1.03. The fraction of sp³-hybridized carbons (Fsp3) is 0.417. The van der Waals surface area contributed by atoms with Gasteiger partial charge in [0.25, 0.3) is 0 Å². The number of nitrogens with zero attached hydrogens (tertiary/aromatic N) is 4. The first-order valence-electron chi connectivity index (χ1n) is 11.1. The zero-order valence-electron chi connectivity index (χ0n) is 18.9. The molecule has 0 radical (unpaired) electrons. The number of hydrogen-bond donors (Lipinski definition) is 0. The quantitative estimate of drug-likeness (QED) is 0.536. The van der Waals surface area contributed by atoms with E-state index in [2.05, 4.69) is 28.9 Å². The SMILES string of the molecule is CC[C@@H](C)c1ccc(S(=O)(=O)N2CCN(Cc3nc(-c4ccc(C)cc4)no3)CC2)cc1. The topological polar surface area (TPSA) is 79.5 Å². The summed E-state index contributed by atoms with van der Waals surface area (Å²) in [5, 5.41) is 4.08. The van der Waals surface area contributed by atoms with Gasteiger partial charge in [-0.3, -0.25) is 4.90 Å². The van der Waals surface area contributed by atoms with Gasteiger partial charge >= 0.3 is 0 Å². The van der Waals surface area contributed by atoms with Crippen LogP contribution in [0.4, 0.5) is 0 Å². The number of rotatable bonds is 7. The average Bonchev–Trinajstić information content (AvgIpc) is 3.28. The maximum absolute atomic E-state index is 13.1. The monoisotopic (exact) mass is 454 g/mol. The van der Waals surface area contributed by atoms with Crippen molar-refractivity contribution >= 4 is 10.0 Å². The van der Waals surface area contributed by atoms with Crippen LogP contribution in [-0.4, -0.2) is 53.9 Å². The molecular formula is C24H30N4O3S. The van der Waals surface area contributed by atoms with Gasteiger partial charge in [0.2, 0.25) is 21.7 Å². The largest absolute Gasteiger partial charge is 0.338 e. The van der Waals surface area contributed by atoms with Crippen molar-refractivity contribution in [3.8, 4) is 11.4 Å². The third kappa shape index (κ3) is 4.92. The Morgan fingerprint density at radius 2 is 1.66 bits per heavy atom. The molecule has 0 N–H and O–H groups in total. The van der Waals surface area contributed by atoms with Crippen molar-refractivity contribution in [1.29, 1.82) is 0 Å². The van der Waals surface area contributed by atoms with Crippen LogP contribution in [0.2, 0.25) is 0 Å². The summed E-state index contributed by atoms with van der Waals surface area (Å²) >= 11 is 0. The number of benzene rings is 2. The van der Waals surface area contributed by atoms with Gasteiger partial charge in [0.15, 0.2) is 0 Å². The zero-order valence-corrected chi connectivity index (χ0v) is 19.7. The molecule has 0 aliphatic carbocycles.